The van der Waals surface area contributed by atoms with Gasteiger partial charge in [-0.3, -0.25) is 19.2 Å². The maximum atomic E-state index is 14.6. The first-order chi connectivity index (χ1) is 27.2. The largest absolute Gasteiger partial charge is 0.458 e. The molecule has 2 aromatic heterocycles. The van der Waals surface area contributed by atoms with Crippen LogP contribution >= 0.6 is 22.7 Å². The van der Waals surface area contributed by atoms with Gasteiger partial charge in [-0.2, -0.15) is 0 Å². The third kappa shape index (κ3) is 5.76. The molecule has 9 nitrogen and oxygen atoms in total. The van der Waals surface area contributed by atoms with Crippen LogP contribution in [0.3, 0.4) is 0 Å². The van der Waals surface area contributed by atoms with E-state index < -0.39 is 40.7 Å². The molecule has 0 saturated heterocycles. The lowest BCUT2D eigenvalue weighted by Crippen LogP contribution is -2.52. The molecular weight excluding hydrogens is 749 g/mol. The van der Waals surface area contributed by atoms with Crippen molar-refractivity contribution < 1.29 is 43.0 Å². The van der Waals surface area contributed by atoms with Gasteiger partial charge in [0.25, 0.3) is 0 Å². The lowest BCUT2D eigenvalue weighted by atomic mass is 9.90. The van der Waals surface area contributed by atoms with E-state index in [1.54, 1.807) is 103 Å². The second kappa shape index (κ2) is 13.8. The molecule has 3 heterocycles. The van der Waals surface area contributed by atoms with Gasteiger partial charge >= 0.3 is 17.5 Å². The van der Waals surface area contributed by atoms with E-state index in [1.165, 1.54) is 29.6 Å². The number of fused-ring (bicyclic) bond motifs is 5. The van der Waals surface area contributed by atoms with E-state index in [1.807, 2.05) is 12.1 Å². The number of carbonyl (C=O) groups excluding carboxylic acids is 6. The Morgan fingerprint density at radius 3 is 1.38 bits per heavy atom. The highest BCUT2D eigenvalue weighted by molar-refractivity contribution is 7.23. The number of esters is 2. The smallest absolute Gasteiger partial charge is 0.367 e. The monoisotopic (exact) mass is 774 g/mol. The van der Waals surface area contributed by atoms with Crippen molar-refractivity contribution in [2.45, 2.75) is 18.8 Å². The average molecular weight is 775 g/mol. The number of Topliss-reactive ketones (excluding diaryl/α,β-unsaturated/α-hetero) is 4. The van der Waals surface area contributed by atoms with Crippen LogP contribution in [-0.2, 0) is 37.9 Å². The maximum absolute atomic E-state index is 14.6. The van der Waals surface area contributed by atoms with Crippen molar-refractivity contribution in [3.8, 4) is 15.5 Å². The molecule has 0 saturated carbocycles. The van der Waals surface area contributed by atoms with Gasteiger partial charge in [0, 0.05) is 37.6 Å². The Morgan fingerprint density at radius 2 is 0.929 bits per heavy atom. The molecule has 1 aliphatic heterocycles. The van der Waals surface area contributed by atoms with Crippen molar-refractivity contribution >= 4 is 69.9 Å². The first-order valence-corrected chi connectivity index (χ1v) is 19.1. The highest BCUT2D eigenvalue weighted by Crippen LogP contribution is 2.54. The van der Waals surface area contributed by atoms with Gasteiger partial charge < -0.3 is 14.2 Å². The Labute approximate surface area is 327 Å². The summed E-state index contributed by atoms with van der Waals surface area (Å²) in [6.07, 6.45) is 2.93. The lowest BCUT2D eigenvalue weighted by Gasteiger charge is -2.33. The van der Waals surface area contributed by atoms with Gasteiger partial charge in [-0.05, 0) is 35.4 Å². The van der Waals surface area contributed by atoms with E-state index in [4.69, 9.17) is 14.2 Å². The van der Waals surface area contributed by atoms with Gasteiger partial charge in [-0.1, -0.05) is 109 Å². The Hall–Kier alpha value is -6.82. The predicted octanol–water partition coefficient (Wildman–Crippen LogP) is 8.48. The second-order valence-electron chi connectivity index (χ2n) is 13.2. The molecule has 272 valence electrons. The summed E-state index contributed by atoms with van der Waals surface area (Å²) in [6, 6.07) is 34.1. The van der Waals surface area contributed by atoms with Gasteiger partial charge in [0.1, 0.15) is 19.0 Å². The molecule has 0 radical (unpaired) electrons. The van der Waals surface area contributed by atoms with Crippen LogP contribution in [0, 0.1) is 0 Å². The molecule has 4 aromatic carbocycles. The molecule has 0 spiro atoms. The summed E-state index contributed by atoms with van der Waals surface area (Å²) >= 11 is 2.33. The Balaban J connectivity index is 1.18. The SMILES string of the molecule is O=C1C(=Cc2cc3c(s2)-c2sc(C=C4C(=O)c5ccccc5C4=O)cc2C(C(=O)OCc2ccccc2)(C(=O)OCc2ccccc2)O3)C(=O)c2ccccc21. The van der Waals surface area contributed by atoms with Gasteiger partial charge in [-0.15, -0.1) is 22.7 Å². The van der Waals surface area contributed by atoms with Crippen LogP contribution in [-0.4, -0.2) is 35.1 Å². The standard InChI is InChI=1S/C45H26O9S2/c46-37-29-15-7-8-16-30(29)38(47)33(37)19-27-21-35-41(55-27)42-36(22-28(56-42)20-34-39(48)31-17-9-10-18-32(31)40(34)49)54-45(35,43(50)52-23-25-11-3-1-4-12-25)44(51)53-24-26-13-5-2-6-14-26/h1-22H,23-24H2. The Bertz CT molecular complexity index is 2600. The van der Waals surface area contributed by atoms with E-state index in [-0.39, 0.29) is 46.8 Å². The van der Waals surface area contributed by atoms with E-state index in [9.17, 15) is 28.8 Å². The van der Waals surface area contributed by atoms with E-state index in [2.05, 4.69) is 0 Å². The quantitative estimate of drug-likeness (QED) is 0.0647. The molecule has 0 atom stereocenters. The molecular formula is C45H26O9S2. The summed E-state index contributed by atoms with van der Waals surface area (Å²) in [6.45, 7) is -0.375. The van der Waals surface area contributed by atoms with Gasteiger partial charge in [-0.25, -0.2) is 9.59 Å². The Morgan fingerprint density at radius 1 is 0.536 bits per heavy atom. The zero-order valence-electron chi connectivity index (χ0n) is 29.1. The first kappa shape index (κ1) is 34.9. The molecule has 3 aliphatic rings. The van der Waals surface area contributed by atoms with Crippen LogP contribution in [0.25, 0.3) is 21.9 Å². The summed E-state index contributed by atoms with van der Waals surface area (Å²) in [7, 11) is 0. The molecule has 56 heavy (non-hydrogen) atoms. The van der Waals surface area contributed by atoms with Gasteiger partial charge in [0.2, 0.25) is 0 Å². The third-order valence-electron chi connectivity index (χ3n) is 9.70. The molecule has 0 bridgehead atoms. The minimum absolute atomic E-state index is 0.0322. The number of allylic oxidation sites excluding steroid dienone is 2. The van der Waals surface area contributed by atoms with Crippen LogP contribution in [0.5, 0.6) is 5.75 Å². The summed E-state index contributed by atoms with van der Waals surface area (Å²) in [4.78, 5) is 84.3. The van der Waals surface area contributed by atoms with Crippen molar-refractivity contribution in [2.24, 2.45) is 0 Å². The summed E-state index contributed by atoms with van der Waals surface area (Å²) in [5.74, 6) is -3.71. The highest BCUT2D eigenvalue weighted by atomic mass is 32.1. The number of thiophene rings is 2. The highest BCUT2D eigenvalue weighted by Gasteiger charge is 2.59. The van der Waals surface area contributed by atoms with E-state index >= 15 is 0 Å². The van der Waals surface area contributed by atoms with Gasteiger partial charge in [0.05, 0.1) is 20.9 Å². The molecule has 2 aliphatic carbocycles. The second-order valence-corrected chi connectivity index (χ2v) is 15.3. The predicted molar refractivity (Wildman–Crippen MR) is 209 cm³/mol. The van der Waals surface area contributed by atoms with Crippen molar-refractivity contribution in [2.75, 3.05) is 0 Å². The number of rotatable bonds is 8. The van der Waals surface area contributed by atoms with E-state index in [0.717, 1.165) is 11.3 Å². The normalized spacial score (nSPS) is 14.7. The third-order valence-corrected chi connectivity index (χ3v) is 12.0. The number of hydrogen-bond acceptors (Lipinski definition) is 11. The van der Waals surface area contributed by atoms with Gasteiger partial charge in [0.15, 0.2) is 23.1 Å². The maximum Gasteiger partial charge on any atom is 0.367 e. The topological polar surface area (TPSA) is 130 Å². The zero-order chi connectivity index (χ0) is 38.6. The summed E-state index contributed by atoms with van der Waals surface area (Å²) < 4.78 is 18.2. The number of carbonyl (C=O) groups is 6. The van der Waals surface area contributed by atoms with Crippen molar-refractivity contribution in [3.05, 3.63) is 181 Å². The number of benzene rings is 4. The minimum atomic E-state index is -2.49. The van der Waals surface area contributed by atoms with Crippen molar-refractivity contribution in [3.63, 3.8) is 0 Å². The summed E-state index contributed by atoms with van der Waals surface area (Å²) in [5, 5.41) is 0. The Kier molecular flexibility index (Phi) is 8.60. The molecule has 11 heteroatoms. The van der Waals surface area contributed by atoms with Crippen molar-refractivity contribution in [1.82, 2.24) is 0 Å². The van der Waals surface area contributed by atoms with Crippen LogP contribution in [0.1, 0.15) is 67.9 Å². The fourth-order valence-corrected chi connectivity index (χ4v) is 9.28. The van der Waals surface area contributed by atoms with Crippen LogP contribution < -0.4 is 4.74 Å². The molecule has 9 rings (SSSR count). The fraction of sp³-hybridized carbons (Fsp3) is 0.0667. The number of ketones is 4. The van der Waals surface area contributed by atoms with Crippen molar-refractivity contribution in [1.29, 1.82) is 0 Å². The fourth-order valence-electron chi connectivity index (χ4n) is 6.96. The van der Waals surface area contributed by atoms with E-state index in [0.29, 0.717) is 41.8 Å². The number of ether oxygens (including phenoxy) is 3. The lowest BCUT2D eigenvalue weighted by molar-refractivity contribution is -0.183. The minimum Gasteiger partial charge on any atom is -0.458 e. The van der Waals surface area contributed by atoms with Crippen LogP contribution in [0.4, 0.5) is 0 Å². The molecule has 0 N–H and O–H groups in total. The molecule has 0 unspecified atom stereocenters. The first-order valence-electron chi connectivity index (χ1n) is 17.4. The summed E-state index contributed by atoms with van der Waals surface area (Å²) in [5.41, 5.74) is 0.00577. The molecule has 6 aromatic rings. The van der Waals surface area contributed by atoms with Crippen LogP contribution in [0.2, 0.25) is 0 Å². The molecule has 0 fully saturated rings. The zero-order valence-corrected chi connectivity index (χ0v) is 30.7. The number of hydrogen-bond donors (Lipinski definition) is 0. The average Bonchev–Trinajstić information content (AvgIpc) is 3.97. The van der Waals surface area contributed by atoms with Crippen LogP contribution in [0.15, 0.2) is 132 Å². The molecule has 0 amide bonds.